The van der Waals surface area contributed by atoms with E-state index in [0.29, 0.717) is 27.6 Å². The van der Waals surface area contributed by atoms with Crippen molar-refractivity contribution in [1.29, 1.82) is 5.41 Å². The number of rotatable bonds is 4. The van der Waals surface area contributed by atoms with Gasteiger partial charge in [-0.2, -0.15) is 0 Å². The van der Waals surface area contributed by atoms with E-state index in [0.717, 1.165) is 0 Å². The van der Waals surface area contributed by atoms with Gasteiger partial charge >= 0.3 is 0 Å². The maximum absolute atomic E-state index is 10.8. The Labute approximate surface area is 125 Å². The van der Waals surface area contributed by atoms with Gasteiger partial charge in [0, 0.05) is 17.2 Å². The maximum Gasteiger partial charge on any atom is 0.272 e. The van der Waals surface area contributed by atoms with Crippen molar-refractivity contribution in [3.8, 4) is 11.5 Å². The molecule has 0 heterocycles. The summed E-state index contributed by atoms with van der Waals surface area (Å²) in [5, 5.41) is 18.4. The monoisotopic (exact) mass is 305 g/mol. The first-order valence-corrected chi connectivity index (χ1v) is 6.33. The zero-order chi connectivity index (χ0) is 15.6. The van der Waals surface area contributed by atoms with Crippen LogP contribution in [0.15, 0.2) is 36.4 Å². The second kappa shape index (κ2) is 5.80. The largest absolute Gasteiger partial charge is 0.456 e. The molecule has 2 aromatic carbocycles. The minimum absolute atomic E-state index is 0.0281. The fourth-order valence-electron chi connectivity index (χ4n) is 1.77. The molecular formula is C14H12ClN3O3. The van der Waals surface area contributed by atoms with Crippen LogP contribution in [-0.4, -0.2) is 10.8 Å². The van der Waals surface area contributed by atoms with E-state index < -0.39 is 4.92 Å². The number of nitro groups is 1. The number of nitrogens with zero attached hydrogens (tertiary/aromatic N) is 1. The molecule has 0 saturated heterocycles. The first-order chi connectivity index (χ1) is 9.88. The van der Waals surface area contributed by atoms with Gasteiger partial charge in [0.25, 0.3) is 5.69 Å². The fourth-order valence-corrected chi connectivity index (χ4v) is 1.99. The summed E-state index contributed by atoms with van der Waals surface area (Å²) < 4.78 is 5.59. The molecule has 6 nitrogen and oxygen atoms in total. The second-order valence-electron chi connectivity index (χ2n) is 4.37. The first kappa shape index (κ1) is 14.8. The Kier molecular flexibility index (Phi) is 4.09. The molecule has 7 heteroatoms. The van der Waals surface area contributed by atoms with Gasteiger partial charge < -0.3 is 10.5 Å². The van der Waals surface area contributed by atoms with E-state index in [9.17, 15) is 10.1 Å². The molecule has 108 valence electrons. The summed E-state index contributed by atoms with van der Waals surface area (Å²) in [6, 6.07) is 9.17. The number of hydrogen-bond donors (Lipinski definition) is 2. The third kappa shape index (κ3) is 3.29. The maximum atomic E-state index is 10.8. The van der Waals surface area contributed by atoms with Crippen LogP contribution in [0.5, 0.6) is 11.5 Å². The third-order valence-electron chi connectivity index (χ3n) is 2.84. The zero-order valence-corrected chi connectivity index (χ0v) is 11.8. The van der Waals surface area contributed by atoms with Gasteiger partial charge in [0.05, 0.1) is 9.95 Å². The molecule has 0 bridgehead atoms. The topological polar surface area (TPSA) is 102 Å². The number of hydrogen-bond acceptors (Lipinski definition) is 4. The quantitative estimate of drug-likeness (QED) is 0.389. The highest BCUT2D eigenvalue weighted by molar-refractivity contribution is 6.32. The van der Waals surface area contributed by atoms with Gasteiger partial charge in [0.15, 0.2) is 0 Å². The van der Waals surface area contributed by atoms with Crippen molar-refractivity contribution < 1.29 is 9.66 Å². The zero-order valence-electron chi connectivity index (χ0n) is 11.1. The van der Waals surface area contributed by atoms with Crippen LogP contribution in [0.2, 0.25) is 5.02 Å². The lowest BCUT2D eigenvalue weighted by Crippen LogP contribution is -2.10. The Hall–Kier alpha value is -2.60. The molecule has 0 radical (unpaired) electrons. The molecule has 0 unspecified atom stereocenters. The van der Waals surface area contributed by atoms with Crippen LogP contribution in [0.4, 0.5) is 5.69 Å². The second-order valence-corrected chi connectivity index (χ2v) is 4.77. The van der Waals surface area contributed by atoms with Crippen molar-refractivity contribution in [3.63, 3.8) is 0 Å². The number of amidine groups is 1. The third-order valence-corrected chi connectivity index (χ3v) is 3.13. The molecule has 0 aliphatic heterocycles. The molecular weight excluding hydrogens is 294 g/mol. The van der Waals surface area contributed by atoms with E-state index >= 15 is 0 Å². The highest BCUT2D eigenvalue weighted by atomic mass is 35.5. The lowest BCUT2D eigenvalue weighted by Gasteiger charge is -2.09. The summed E-state index contributed by atoms with van der Waals surface area (Å²) >= 11 is 6.06. The molecule has 0 aliphatic rings. The molecule has 0 fully saturated rings. The number of halogens is 1. The standard InChI is InChI=1S/C14H12ClN3O3/c1-8-6-10(3-4-12(8)18(19)20)21-13-5-2-9(14(16)17)7-11(13)15/h2-7H,1H3,(H3,16,17). The number of nitrogens with two attached hydrogens (primary N) is 1. The van der Waals surface area contributed by atoms with Crippen LogP contribution in [-0.2, 0) is 0 Å². The Bertz CT molecular complexity index is 731. The Morgan fingerprint density at radius 1 is 1.33 bits per heavy atom. The molecule has 0 aliphatic carbocycles. The van der Waals surface area contributed by atoms with Crippen LogP contribution in [0, 0.1) is 22.4 Å². The molecule has 0 spiro atoms. The van der Waals surface area contributed by atoms with Gasteiger partial charge in [0.2, 0.25) is 0 Å². The number of aryl methyl sites for hydroxylation is 1. The minimum Gasteiger partial charge on any atom is -0.456 e. The van der Waals surface area contributed by atoms with Crippen molar-refractivity contribution in [2.45, 2.75) is 6.92 Å². The summed E-state index contributed by atoms with van der Waals surface area (Å²) in [7, 11) is 0. The van der Waals surface area contributed by atoms with Crippen LogP contribution < -0.4 is 10.5 Å². The Balaban J connectivity index is 2.28. The van der Waals surface area contributed by atoms with Crippen LogP contribution >= 0.6 is 11.6 Å². The van der Waals surface area contributed by atoms with E-state index in [1.807, 2.05) is 0 Å². The average Bonchev–Trinajstić information content (AvgIpc) is 2.40. The van der Waals surface area contributed by atoms with Crippen LogP contribution in [0.1, 0.15) is 11.1 Å². The number of nitrogen functional groups attached to an aromatic ring is 1. The van der Waals surface area contributed by atoms with Crippen molar-refractivity contribution in [1.82, 2.24) is 0 Å². The summed E-state index contributed by atoms with van der Waals surface area (Å²) in [5.41, 5.74) is 6.39. The van der Waals surface area contributed by atoms with Crippen molar-refractivity contribution in [2.24, 2.45) is 5.73 Å². The SMILES string of the molecule is Cc1cc(Oc2ccc(C(=N)N)cc2Cl)ccc1[N+](=O)[O-]. The van der Waals surface area contributed by atoms with E-state index in [-0.39, 0.29) is 11.5 Å². The summed E-state index contributed by atoms with van der Waals surface area (Å²) in [6.45, 7) is 1.63. The predicted molar refractivity (Wildman–Crippen MR) is 80.4 cm³/mol. The van der Waals surface area contributed by atoms with Crippen LogP contribution in [0.25, 0.3) is 0 Å². The number of ether oxygens (including phenoxy) is 1. The van der Waals surface area contributed by atoms with E-state index in [1.165, 1.54) is 18.2 Å². The summed E-state index contributed by atoms with van der Waals surface area (Å²) in [4.78, 5) is 10.3. The molecule has 0 atom stereocenters. The first-order valence-electron chi connectivity index (χ1n) is 5.95. The smallest absolute Gasteiger partial charge is 0.272 e. The van der Waals surface area contributed by atoms with Gasteiger partial charge in [-0.3, -0.25) is 15.5 Å². The lowest BCUT2D eigenvalue weighted by atomic mass is 10.2. The molecule has 3 N–H and O–H groups in total. The van der Waals surface area contributed by atoms with E-state index in [4.69, 9.17) is 27.5 Å². The fraction of sp³-hybridized carbons (Fsp3) is 0.0714. The molecule has 21 heavy (non-hydrogen) atoms. The van der Waals surface area contributed by atoms with Gasteiger partial charge in [-0.25, -0.2) is 0 Å². The predicted octanol–water partition coefficient (Wildman–Crippen LogP) is 3.63. The van der Waals surface area contributed by atoms with Crippen molar-refractivity contribution >= 4 is 23.1 Å². The average molecular weight is 306 g/mol. The van der Waals surface area contributed by atoms with E-state index in [2.05, 4.69) is 0 Å². The molecule has 0 aromatic heterocycles. The summed E-state index contributed by atoms with van der Waals surface area (Å²) in [5.74, 6) is 0.736. The van der Waals surface area contributed by atoms with Crippen molar-refractivity contribution in [3.05, 3.63) is 62.7 Å². The highest BCUT2D eigenvalue weighted by Crippen LogP contribution is 2.32. The normalized spacial score (nSPS) is 10.2. The lowest BCUT2D eigenvalue weighted by molar-refractivity contribution is -0.385. The van der Waals surface area contributed by atoms with Crippen molar-refractivity contribution in [2.75, 3.05) is 0 Å². The van der Waals surface area contributed by atoms with Gasteiger partial charge in [-0.05, 0) is 37.3 Å². The molecule has 2 aromatic rings. The number of nitro benzene ring substituents is 1. The Morgan fingerprint density at radius 3 is 2.57 bits per heavy atom. The minimum atomic E-state index is -0.451. The van der Waals surface area contributed by atoms with Crippen LogP contribution in [0.3, 0.4) is 0 Å². The molecule has 0 amide bonds. The molecule has 0 saturated carbocycles. The van der Waals surface area contributed by atoms with Gasteiger partial charge in [-0.15, -0.1) is 0 Å². The summed E-state index contributed by atoms with van der Waals surface area (Å²) in [6.07, 6.45) is 0. The number of nitrogens with one attached hydrogen (secondary N) is 1. The number of benzene rings is 2. The van der Waals surface area contributed by atoms with Gasteiger partial charge in [-0.1, -0.05) is 11.6 Å². The van der Waals surface area contributed by atoms with E-state index in [1.54, 1.807) is 25.1 Å². The Morgan fingerprint density at radius 2 is 2.05 bits per heavy atom. The highest BCUT2D eigenvalue weighted by Gasteiger charge is 2.12. The van der Waals surface area contributed by atoms with Gasteiger partial charge in [0.1, 0.15) is 17.3 Å². The molecule has 2 rings (SSSR count).